The molecule has 0 bridgehead atoms. The molecular weight excluding hydrogens is 440 g/mol. The summed E-state index contributed by atoms with van der Waals surface area (Å²) in [6.45, 7) is 7.20. The number of piperazine rings is 1. The van der Waals surface area contributed by atoms with E-state index >= 15 is 0 Å². The third kappa shape index (κ3) is 5.80. The van der Waals surface area contributed by atoms with Crippen LogP contribution in [0.1, 0.15) is 42.1 Å². The highest BCUT2D eigenvalue weighted by Crippen LogP contribution is 2.24. The molecule has 1 unspecified atom stereocenters. The first-order valence-electron chi connectivity index (χ1n) is 12.2. The second-order valence-corrected chi connectivity index (χ2v) is 8.47. The van der Waals surface area contributed by atoms with Crippen molar-refractivity contribution in [2.75, 3.05) is 43.0 Å². The Balaban J connectivity index is 1.34. The maximum Gasteiger partial charge on any atom is 0.259 e. The fourth-order valence-corrected chi connectivity index (χ4v) is 4.40. The number of hydrogen-bond donors (Lipinski definition) is 1. The highest BCUT2D eigenvalue weighted by Gasteiger charge is 2.27. The highest BCUT2D eigenvalue weighted by atomic mass is 16.5. The number of anilines is 2. The molecule has 0 radical (unpaired) electrons. The standard InChI is InChI=1S/C28H32N4O3/c1-3-23(21-10-6-5-7-11-21)28(34)32-18-16-31(17-19-32)26-15-14-22(20-29-26)30-27(33)24-12-8-9-13-25(24)35-4-2/h5-15,20,23H,3-4,16-19H2,1-2H3,(H,30,33). The van der Waals surface area contributed by atoms with Crippen LogP contribution in [-0.2, 0) is 4.79 Å². The summed E-state index contributed by atoms with van der Waals surface area (Å²) in [7, 11) is 0. The number of ether oxygens (including phenoxy) is 1. The number of pyridine rings is 1. The first-order valence-corrected chi connectivity index (χ1v) is 12.2. The van der Waals surface area contributed by atoms with Gasteiger partial charge in [0, 0.05) is 26.2 Å². The predicted octanol–water partition coefficient (Wildman–Crippen LogP) is 4.58. The fraction of sp³-hybridized carbons (Fsp3) is 0.321. The number of rotatable bonds is 8. The number of carbonyl (C=O) groups excluding carboxylic acids is 2. The van der Waals surface area contributed by atoms with Gasteiger partial charge in [-0.3, -0.25) is 9.59 Å². The second-order valence-electron chi connectivity index (χ2n) is 8.47. The summed E-state index contributed by atoms with van der Waals surface area (Å²) in [5.74, 6) is 1.25. The van der Waals surface area contributed by atoms with Gasteiger partial charge in [-0.05, 0) is 43.2 Å². The Hall–Kier alpha value is -3.87. The van der Waals surface area contributed by atoms with Gasteiger partial charge in [0.05, 0.1) is 30.0 Å². The lowest BCUT2D eigenvalue weighted by Gasteiger charge is -2.37. The van der Waals surface area contributed by atoms with Crippen LogP contribution in [-0.4, -0.2) is 54.5 Å². The van der Waals surface area contributed by atoms with E-state index in [4.69, 9.17) is 4.74 Å². The largest absolute Gasteiger partial charge is 0.493 e. The zero-order valence-corrected chi connectivity index (χ0v) is 20.3. The highest BCUT2D eigenvalue weighted by molar-refractivity contribution is 6.06. The van der Waals surface area contributed by atoms with Gasteiger partial charge in [-0.1, -0.05) is 49.4 Å². The Kier molecular flexibility index (Phi) is 7.98. The van der Waals surface area contributed by atoms with Crippen molar-refractivity contribution >= 4 is 23.3 Å². The van der Waals surface area contributed by atoms with Crippen LogP contribution in [0.25, 0.3) is 0 Å². The smallest absolute Gasteiger partial charge is 0.259 e. The van der Waals surface area contributed by atoms with Crippen molar-refractivity contribution in [3.8, 4) is 5.75 Å². The summed E-state index contributed by atoms with van der Waals surface area (Å²) in [6, 6.07) is 20.9. The van der Waals surface area contributed by atoms with Crippen LogP contribution in [0.5, 0.6) is 5.75 Å². The van der Waals surface area contributed by atoms with Crippen LogP contribution in [0.2, 0.25) is 0 Å². The molecule has 0 saturated carbocycles. The molecule has 1 saturated heterocycles. The summed E-state index contributed by atoms with van der Waals surface area (Å²) >= 11 is 0. The molecule has 0 aliphatic carbocycles. The number of carbonyl (C=O) groups is 2. The Morgan fingerprint density at radius 1 is 0.943 bits per heavy atom. The number of para-hydroxylation sites is 1. The van der Waals surface area contributed by atoms with Crippen molar-refractivity contribution < 1.29 is 14.3 Å². The van der Waals surface area contributed by atoms with Gasteiger partial charge < -0.3 is 19.9 Å². The number of benzene rings is 2. The first-order chi connectivity index (χ1) is 17.1. The quantitative estimate of drug-likeness (QED) is 0.520. The molecule has 182 valence electrons. The van der Waals surface area contributed by atoms with Crippen LogP contribution < -0.4 is 15.0 Å². The third-order valence-electron chi connectivity index (χ3n) is 6.26. The summed E-state index contributed by atoms with van der Waals surface area (Å²) in [4.78, 5) is 34.5. The van der Waals surface area contributed by atoms with E-state index < -0.39 is 0 Å². The minimum Gasteiger partial charge on any atom is -0.493 e. The molecule has 1 atom stereocenters. The summed E-state index contributed by atoms with van der Waals surface area (Å²) in [5, 5.41) is 2.89. The maximum atomic E-state index is 13.1. The lowest BCUT2D eigenvalue weighted by Crippen LogP contribution is -2.50. The van der Waals surface area contributed by atoms with Gasteiger partial charge in [0.25, 0.3) is 5.91 Å². The van der Waals surface area contributed by atoms with Crippen molar-refractivity contribution in [3.05, 3.63) is 84.1 Å². The SMILES string of the molecule is CCOc1ccccc1C(=O)Nc1ccc(N2CCN(C(=O)C(CC)c3ccccc3)CC2)nc1. The monoisotopic (exact) mass is 472 g/mol. The summed E-state index contributed by atoms with van der Waals surface area (Å²) in [6.07, 6.45) is 2.45. The Labute approximate surface area is 206 Å². The molecule has 2 amide bonds. The van der Waals surface area contributed by atoms with Gasteiger partial charge in [-0.2, -0.15) is 0 Å². The van der Waals surface area contributed by atoms with Crippen molar-refractivity contribution in [2.45, 2.75) is 26.2 Å². The first kappa shape index (κ1) is 24.3. The predicted molar refractivity (Wildman–Crippen MR) is 138 cm³/mol. The van der Waals surface area contributed by atoms with Gasteiger partial charge in [-0.15, -0.1) is 0 Å². The molecular formula is C28H32N4O3. The van der Waals surface area contributed by atoms with Crippen LogP contribution >= 0.6 is 0 Å². The normalized spacial score (nSPS) is 14.3. The summed E-state index contributed by atoms with van der Waals surface area (Å²) in [5.41, 5.74) is 2.18. The fourth-order valence-electron chi connectivity index (χ4n) is 4.40. The molecule has 1 aliphatic heterocycles. The van der Waals surface area contributed by atoms with Crippen molar-refractivity contribution in [3.63, 3.8) is 0 Å². The number of amides is 2. The molecule has 2 aromatic carbocycles. The average molecular weight is 473 g/mol. The van der Waals surface area contributed by atoms with Gasteiger partial charge in [0.1, 0.15) is 11.6 Å². The van der Waals surface area contributed by atoms with E-state index in [2.05, 4.69) is 22.1 Å². The minimum absolute atomic E-state index is 0.100. The molecule has 1 fully saturated rings. The zero-order valence-electron chi connectivity index (χ0n) is 20.3. The third-order valence-corrected chi connectivity index (χ3v) is 6.26. The van der Waals surface area contributed by atoms with Crippen molar-refractivity contribution in [2.24, 2.45) is 0 Å². The van der Waals surface area contributed by atoms with Crippen LogP contribution in [0.4, 0.5) is 11.5 Å². The molecule has 7 nitrogen and oxygen atoms in total. The molecule has 7 heteroatoms. The van der Waals surface area contributed by atoms with Crippen LogP contribution in [0.3, 0.4) is 0 Å². The summed E-state index contributed by atoms with van der Waals surface area (Å²) < 4.78 is 5.56. The molecule has 0 spiro atoms. The molecule has 2 heterocycles. The number of nitrogens with one attached hydrogen (secondary N) is 1. The van der Waals surface area contributed by atoms with Crippen LogP contribution in [0, 0.1) is 0 Å². The second kappa shape index (κ2) is 11.5. The maximum absolute atomic E-state index is 13.1. The van der Waals surface area contributed by atoms with E-state index in [-0.39, 0.29) is 17.7 Å². The average Bonchev–Trinajstić information content (AvgIpc) is 2.91. The molecule has 3 aromatic rings. The lowest BCUT2D eigenvalue weighted by atomic mass is 9.95. The molecule has 35 heavy (non-hydrogen) atoms. The van der Waals surface area contributed by atoms with Gasteiger partial charge in [-0.25, -0.2) is 4.98 Å². The Morgan fingerprint density at radius 3 is 2.31 bits per heavy atom. The van der Waals surface area contributed by atoms with E-state index in [1.807, 2.05) is 66.4 Å². The van der Waals surface area contributed by atoms with Gasteiger partial charge in [0.15, 0.2) is 0 Å². The molecule has 1 aliphatic rings. The van der Waals surface area contributed by atoms with E-state index in [0.717, 1.165) is 30.9 Å². The van der Waals surface area contributed by atoms with Crippen molar-refractivity contribution in [1.29, 1.82) is 0 Å². The number of nitrogens with zero attached hydrogens (tertiary/aromatic N) is 3. The van der Waals surface area contributed by atoms with E-state index in [1.165, 1.54) is 0 Å². The van der Waals surface area contributed by atoms with Gasteiger partial charge >= 0.3 is 0 Å². The number of hydrogen-bond acceptors (Lipinski definition) is 5. The zero-order chi connectivity index (χ0) is 24.6. The van der Waals surface area contributed by atoms with Gasteiger partial charge in [0.2, 0.25) is 5.91 Å². The molecule has 1 aromatic heterocycles. The van der Waals surface area contributed by atoms with Crippen molar-refractivity contribution in [1.82, 2.24) is 9.88 Å². The molecule has 4 rings (SSSR count). The topological polar surface area (TPSA) is 74.8 Å². The molecule has 1 N–H and O–H groups in total. The van der Waals surface area contributed by atoms with E-state index in [0.29, 0.717) is 36.7 Å². The Bertz CT molecular complexity index is 1130. The van der Waals surface area contributed by atoms with E-state index in [9.17, 15) is 9.59 Å². The van der Waals surface area contributed by atoms with Crippen LogP contribution in [0.15, 0.2) is 72.9 Å². The Morgan fingerprint density at radius 2 is 1.66 bits per heavy atom. The minimum atomic E-state index is -0.236. The van der Waals surface area contributed by atoms with E-state index in [1.54, 1.807) is 18.3 Å². The lowest BCUT2D eigenvalue weighted by molar-refractivity contribution is -0.133. The number of aromatic nitrogens is 1.